The van der Waals surface area contributed by atoms with E-state index in [0.717, 1.165) is 74.6 Å². The summed E-state index contributed by atoms with van der Waals surface area (Å²) in [7, 11) is 1.54. The number of methoxy groups -OCH3 is 1. The molecule has 5 rings (SSSR count). The number of carbonyl (C=O) groups is 2. The molecule has 216 valence electrons. The van der Waals surface area contributed by atoms with Gasteiger partial charge in [-0.15, -0.1) is 0 Å². The summed E-state index contributed by atoms with van der Waals surface area (Å²) in [6.07, 6.45) is 3.91. The summed E-state index contributed by atoms with van der Waals surface area (Å²) in [4.78, 5) is 33.3. The predicted octanol–water partition coefficient (Wildman–Crippen LogP) is 3.28. The SMILES string of the molecule is COCC(=O)N1CCCN(C2CCOCC2)CCN(C(=O)Cc2ccc3c(c2)OCCCO3)Cc2ccccc21. The maximum atomic E-state index is 13.9. The zero-order valence-corrected chi connectivity index (χ0v) is 23.5. The molecular weight excluding hydrogens is 510 g/mol. The van der Waals surface area contributed by atoms with Crippen molar-refractivity contribution >= 4 is 17.5 Å². The third-order valence-electron chi connectivity index (χ3n) is 7.92. The normalized spacial score (nSPS) is 19.3. The second kappa shape index (κ2) is 14.0. The lowest BCUT2D eigenvalue weighted by atomic mass is 10.1. The van der Waals surface area contributed by atoms with Gasteiger partial charge >= 0.3 is 0 Å². The molecule has 1 saturated heterocycles. The molecule has 9 nitrogen and oxygen atoms in total. The number of rotatable bonds is 5. The van der Waals surface area contributed by atoms with Gasteiger partial charge in [-0.3, -0.25) is 14.5 Å². The molecule has 0 saturated carbocycles. The number of ether oxygens (including phenoxy) is 4. The standard InChI is InChI=1S/C31H41N3O6/c1-37-23-31(36)34-13-4-12-32(26-10-18-38-19-11-26)14-15-33(22-25-6-2-3-7-27(25)34)30(35)21-24-8-9-28-29(20-24)40-17-5-16-39-28/h2-3,6-9,20,26H,4-5,10-19,21-23H2,1H3. The third kappa shape index (κ3) is 7.13. The molecule has 0 bridgehead atoms. The van der Waals surface area contributed by atoms with Crippen LogP contribution in [0, 0.1) is 0 Å². The minimum Gasteiger partial charge on any atom is -0.490 e. The highest BCUT2D eigenvalue weighted by molar-refractivity contribution is 5.95. The molecule has 3 aliphatic rings. The number of benzene rings is 2. The van der Waals surface area contributed by atoms with E-state index in [-0.39, 0.29) is 24.8 Å². The Morgan fingerprint density at radius 2 is 1.68 bits per heavy atom. The fourth-order valence-corrected chi connectivity index (χ4v) is 5.80. The lowest BCUT2D eigenvalue weighted by molar-refractivity contribution is -0.131. The molecule has 0 unspecified atom stereocenters. The average molecular weight is 552 g/mol. The first-order chi connectivity index (χ1) is 19.6. The van der Waals surface area contributed by atoms with Crippen LogP contribution in [-0.2, 0) is 32.0 Å². The van der Waals surface area contributed by atoms with Gasteiger partial charge in [0.2, 0.25) is 5.91 Å². The van der Waals surface area contributed by atoms with Crippen molar-refractivity contribution in [1.82, 2.24) is 9.80 Å². The van der Waals surface area contributed by atoms with Crippen LogP contribution in [0.25, 0.3) is 0 Å². The number of amides is 2. The van der Waals surface area contributed by atoms with E-state index < -0.39 is 0 Å². The van der Waals surface area contributed by atoms with Crippen molar-refractivity contribution in [2.45, 2.75) is 44.7 Å². The van der Waals surface area contributed by atoms with Crippen LogP contribution in [0.5, 0.6) is 11.5 Å². The van der Waals surface area contributed by atoms with E-state index in [0.29, 0.717) is 44.6 Å². The van der Waals surface area contributed by atoms with Crippen LogP contribution >= 0.6 is 0 Å². The summed E-state index contributed by atoms with van der Waals surface area (Å²) in [6, 6.07) is 14.1. The summed E-state index contributed by atoms with van der Waals surface area (Å²) >= 11 is 0. The van der Waals surface area contributed by atoms with Gasteiger partial charge in [-0.2, -0.15) is 0 Å². The molecule has 0 spiro atoms. The maximum Gasteiger partial charge on any atom is 0.252 e. The first-order valence-corrected chi connectivity index (χ1v) is 14.5. The average Bonchev–Trinajstić information content (AvgIpc) is 3.23. The topological polar surface area (TPSA) is 80.8 Å². The minimum absolute atomic E-state index is 0.0186. The lowest BCUT2D eigenvalue weighted by Gasteiger charge is -2.36. The highest BCUT2D eigenvalue weighted by atomic mass is 16.5. The Bertz CT molecular complexity index is 1150. The molecule has 2 aromatic rings. The fourth-order valence-electron chi connectivity index (χ4n) is 5.80. The number of para-hydroxylation sites is 1. The van der Waals surface area contributed by atoms with Crippen molar-refractivity contribution < 1.29 is 28.5 Å². The Kier molecular flexibility index (Phi) is 9.91. The predicted molar refractivity (Wildman–Crippen MR) is 152 cm³/mol. The van der Waals surface area contributed by atoms with Gasteiger partial charge < -0.3 is 28.7 Å². The second-order valence-electron chi connectivity index (χ2n) is 10.7. The number of hydrogen-bond donors (Lipinski definition) is 0. The molecule has 3 aliphatic heterocycles. The number of nitrogens with zero attached hydrogens (tertiary/aromatic N) is 3. The van der Waals surface area contributed by atoms with Crippen molar-refractivity contribution in [1.29, 1.82) is 0 Å². The molecule has 1 fully saturated rings. The van der Waals surface area contributed by atoms with Crippen LogP contribution in [0.4, 0.5) is 5.69 Å². The Balaban J connectivity index is 1.41. The molecule has 0 atom stereocenters. The number of hydrogen-bond acceptors (Lipinski definition) is 7. The lowest BCUT2D eigenvalue weighted by Crippen LogP contribution is -2.45. The van der Waals surface area contributed by atoms with E-state index in [1.165, 1.54) is 0 Å². The molecule has 3 heterocycles. The first kappa shape index (κ1) is 28.4. The van der Waals surface area contributed by atoms with Crippen LogP contribution in [0.3, 0.4) is 0 Å². The van der Waals surface area contributed by atoms with E-state index in [9.17, 15) is 9.59 Å². The van der Waals surface area contributed by atoms with E-state index in [1.807, 2.05) is 52.3 Å². The molecule has 9 heteroatoms. The summed E-state index contributed by atoms with van der Waals surface area (Å²) in [5.74, 6) is 1.40. The van der Waals surface area contributed by atoms with Gasteiger partial charge in [-0.05, 0) is 48.6 Å². The van der Waals surface area contributed by atoms with Gasteiger partial charge in [0.05, 0.1) is 19.6 Å². The number of anilines is 1. The Morgan fingerprint density at radius 1 is 0.875 bits per heavy atom. The van der Waals surface area contributed by atoms with Gasteiger partial charge in [0.1, 0.15) is 6.61 Å². The van der Waals surface area contributed by atoms with E-state index in [1.54, 1.807) is 7.11 Å². The third-order valence-corrected chi connectivity index (χ3v) is 7.92. The molecule has 0 aromatic heterocycles. The van der Waals surface area contributed by atoms with Crippen LogP contribution < -0.4 is 14.4 Å². The molecule has 2 amide bonds. The van der Waals surface area contributed by atoms with Crippen molar-refractivity contribution in [2.24, 2.45) is 0 Å². The van der Waals surface area contributed by atoms with Crippen LogP contribution in [0.2, 0.25) is 0 Å². The largest absolute Gasteiger partial charge is 0.490 e. The van der Waals surface area contributed by atoms with E-state index in [2.05, 4.69) is 4.90 Å². The minimum atomic E-state index is -0.0723. The first-order valence-electron chi connectivity index (χ1n) is 14.5. The van der Waals surface area contributed by atoms with Crippen molar-refractivity contribution in [3.63, 3.8) is 0 Å². The number of fused-ring (bicyclic) bond motifs is 2. The van der Waals surface area contributed by atoms with Crippen molar-refractivity contribution in [3.05, 3.63) is 53.6 Å². The summed E-state index contributed by atoms with van der Waals surface area (Å²) in [5.41, 5.74) is 2.70. The molecular formula is C31H41N3O6. The van der Waals surface area contributed by atoms with Gasteiger partial charge in [-0.1, -0.05) is 24.3 Å². The summed E-state index contributed by atoms with van der Waals surface area (Å²) in [6.45, 7) is 6.06. The van der Waals surface area contributed by atoms with Crippen molar-refractivity contribution in [2.75, 3.05) is 71.2 Å². The summed E-state index contributed by atoms with van der Waals surface area (Å²) in [5, 5.41) is 0. The highest BCUT2D eigenvalue weighted by Gasteiger charge is 2.27. The zero-order valence-electron chi connectivity index (χ0n) is 23.5. The fraction of sp³-hybridized carbons (Fsp3) is 0.548. The zero-order chi connectivity index (χ0) is 27.7. The Hall–Kier alpha value is -3.14. The van der Waals surface area contributed by atoms with Gasteiger partial charge in [0, 0.05) is 71.2 Å². The smallest absolute Gasteiger partial charge is 0.252 e. The van der Waals surface area contributed by atoms with Crippen molar-refractivity contribution in [3.8, 4) is 11.5 Å². The van der Waals surface area contributed by atoms with Gasteiger partial charge in [0.15, 0.2) is 11.5 Å². The Morgan fingerprint density at radius 3 is 2.50 bits per heavy atom. The Labute approximate surface area is 236 Å². The second-order valence-corrected chi connectivity index (χ2v) is 10.7. The maximum absolute atomic E-state index is 13.9. The van der Waals surface area contributed by atoms with Crippen LogP contribution in [0.15, 0.2) is 42.5 Å². The molecule has 0 radical (unpaired) electrons. The number of carbonyl (C=O) groups excluding carboxylic acids is 2. The van der Waals surface area contributed by atoms with Crippen LogP contribution in [-0.4, -0.2) is 94.0 Å². The summed E-state index contributed by atoms with van der Waals surface area (Å²) < 4.78 is 22.5. The van der Waals surface area contributed by atoms with E-state index >= 15 is 0 Å². The highest BCUT2D eigenvalue weighted by Crippen LogP contribution is 2.31. The monoisotopic (exact) mass is 551 g/mol. The quantitative estimate of drug-likeness (QED) is 0.564. The molecule has 0 N–H and O–H groups in total. The van der Waals surface area contributed by atoms with E-state index in [4.69, 9.17) is 18.9 Å². The van der Waals surface area contributed by atoms with Crippen LogP contribution in [0.1, 0.15) is 36.8 Å². The van der Waals surface area contributed by atoms with Gasteiger partial charge in [0.25, 0.3) is 5.91 Å². The molecule has 2 aromatic carbocycles. The van der Waals surface area contributed by atoms with Gasteiger partial charge in [-0.25, -0.2) is 0 Å². The molecule has 40 heavy (non-hydrogen) atoms. The molecule has 0 aliphatic carbocycles.